The van der Waals surface area contributed by atoms with Crippen molar-refractivity contribution >= 4 is 28.2 Å². The number of carboxylic acid groups (broad SMARTS) is 1. The van der Waals surface area contributed by atoms with E-state index in [1.807, 2.05) is 29.8 Å². The lowest BCUT2D eigenvalue weighted by atomic mass is 9.81. The highest BCUT2D eigenvalue weighted by molar-refractivity contribution is 7.09. The summed E-state index contributed by atoms with van der Waals surface area (Å²) in [5.41, 5.74) is 1.32. The van der Waals surface area contributed by atoms with Gasteiger partial charge < -0.3 is 14.7 Å². The molecule has 33 heavy (non-hydrogen) atoms. The van der Waals surface area contributed by atoms with Crippen LogP contribution in [0.3, 0.4) is 0 Å². The van der Waals surface area contributed by atoms with Gasteiger partial charge in [-0.05, 0) is 74.5 Å². The first-order chi connectivity index (χ1) is 16.0. The molecule has 6 nitrogen and oxygen atoms in total. The van der Waals surface area contributed by atoms with Crippen LogP contribution in [0.2, 0.25) is 0 Å². The highest BCUT2D eigenvalue weighted by atomic mass is 32.1. The number of aryl methyl sites for hydroxylation is 1. The zero-order valence-corrected chi connectivity index (χ0v) is 19.6. The summed E-state index contributed by atoms with van der Waals surface area (Å²) in [7, 11) is 1.58. The number of likely N-dealkylation sites (tertiary alicyclic amines) is 1. The smallest absolute Gasteiger partial charge is 0.308 e. The molecular formula is C25H30FN3O3S. The lowest BCUT2D eigenvalue weighted by Crippen LogP contribution is -2.44. The molecule has 4 rings (SSSR count). The maximum absolute atomic E-state index is 15.3. The third-order valence-corrected chi connectivity index (χ3v) is 7.46. The first kappa shape index (κ1) is 23.6. The second-order valence-corrected chi connectivity index (χ2v) is 9.63. The van der Waals surface area contributed by atoms with Gasteiger partial charge in [0.2, 0.25) is 0 Å². The fourth-order valence-corrected chi connectivity index (χ4v) is 5.45. The first-order valence-corrected chi connectivity index (χ1v) is 12.3. The summed E-state index contributed by atoms with van der Waals surface area (Å²) in [4.78, 5) is 22.8. The van der Waals surface area contributed by atoms with Gasteiger partial charge in [-0.1, -0.05) is 0 Å². The first-order valence-electron chi connectivity index (χ1n) is 11.5. The molecule has 0 aliphatic carbocycles. The van der Waals surface area contributed by atoms with Gasteiger partial charge in [0.05, 0.1) is 23.6 Å². The number of benzene rings is 1. The van der Waals surface area contributed by atoms with E-state index < -0.39 is 18.1 Å². The Morgan fingerprint density at radius 3 is 2.97 bits per heavy atom. The third kappa shape index (κ3) is 5.86. The van der Waals surface area contributed by atoms with Gasteiger partial charge in [-0.3, -0.25) is 9.78 Å². The maximum atomic E-state index is 15.3. The van der Waals surface area contributed by atoms with Crippen molar-refractivity contribution in [3.05, 3.63) is 52.6 Å². The van der Waals surface area contributed by atoms with Crippen molar-refractivity contribution in [1.82, 2.24) is 14.9 Å². The summed E-state index contributed by atoms with van der Waals surface area (Å²) < 4.78 is 20.6. The van der Waals surface area contributed by atoms with Crippen molar-refractivity contribution in [2.24, 2.45) is 11.8 Å². The Morgan fingerprint density at radius 2 is 2.21 bits per heavy atom. The summed E-state index contributed by atoms with van der Waals surface area (Å²) in [6.07, 6.45) is 5.79. The van der Waals surface area contributed by atoms with Crippen LogP contribution in [0.1, 0.15) is 42.4 Å². The number of pyridine rings is 1. The predicted molar refractivity (Wildman–Crippen MR) is 127 cm³/mol. The SMILES string of the molecule is COc1ccc2nccc(C(F)CC[C@@H]3CCN(CCCc4nccs4)C[C@@H]3C(=O)O)c2c1. The third-order valence-electron chi connectivity index (χ3n) is 6.62. The number of aromatic nitrogens is 2. The average molecular weight is 472 g/mol. The summed E-state index contributed by atoms with van der Waals surface area (Å²) in [6.45, 7) is 2.26. The Kier molecular flexibility index (Phi) is 7.88. The van der Waals surface area contributed by atoms with Gasteiger partial charge in [-0.25, -0.2) is 9.37 Å². The molecule has 1 aromatic carbocycles. The van der Waals surface area contributed by atoms with E-state index in [4.69, 9.17) is 4.74 Å². The van der Waals surface area contributed by atoms with Crippen molar-refractivity contribution in [3.8, 4) is 5.75 Å². The molecule has 3 atom stereocenters. The minimum Gasteiger partial charge on any atom is -0.497 e. The van der Waals surface area contributed by atoms with E-state index in [1.165, 1.54) is 0 Å². The summed E-state index contributed by atoms with van der Waals surface area (Å²) in [6, 6.07) is 7.17. The van der Waals surface area contributed by atoms with Crippen LogP contribution in [0.25, 0.3) is 10.9 Å². The van der Waals surface area contributed by atoms with E-state index >= 15 is 4.39 Å². The molecule has 1 unspecified atom stereocenters. The number of hydrogen-bond donors (Lipinski definition) is 1. The van der Waals surface area contributed by atoms with Crippen molar-refractivity contribution in [2.45, 2.75) is 38.3 Å². The predicted octanol–water partition coefficient (Wildman–Crippen LogP) is 5.15. The number of piperidine rings is 1. The number of carboxylic acids is 1. The van der Waals surface area contributed by atoms with Crippen LogP contribution in [0, 0.1) is 11.8 Å². The van der Waals surface area contributed by atoms with Gasteiger partial charge in [0, 0.05) is 36.1 Å². The molecule has 176 valence electrons. The Balaban J connectivity index is 1.34. The summed E-state index contributed by atoms with van der Waals surface area (Å²) in [5.74, 6) is -0.588. The molecule has 2 aromatic heterocycles. The van der Waals surface area contributed by atoms with Gasteiger partial charge in [0.1, 0.15) is 11.9 Å². The number of halogens is 1. The molecule has 0 radical (unpaired) electrons. The van der Waals surface area contributed by atoms with Crippen LogP contribution in [0.5, 0.6) is 5.75 Å². The lowest BCUT2D eigenvalue weighted by molar-refractivity contribution is -0.146. The maximum Gasteiger partial charge on any atom is 0.308 e. The average Bonchev–Trinajstić information content (AvgIpc) is 3.35. The van der Waals surface area contributed by atoms with E-state index in [1.54, 1.807) is 30.7 Å². The number of aliphatic carboxylic acids is 1. The van der Waals surface area contributed by atoms with Gasteiger partial charge in [-0.2, -0.15) is 0 Å². The molecule has 0 amide bonds. The van der Waals surface area contributed by atoms with Crippen LogP contribution in [0.15, 0.2) is 42.0 Å². The molecule has 3 aromatic rings. The number of hydrogen-bond acceptors (Lipinski definition) is 6. The standard InChI is InChI=1S/C25H30FN3O3S/c1-32-18-5-7-23-20(15-18)19(8-10-27-23)22(26)6-4-17-9-13-29(16-21(17)25(30)31)12-2-3-24-28-11-14-33-24/h5,7-8,10-11,14-15,17,21-22H,2-4,6,9,12-13,16H2,1H3,(H,30,31)/t17-,21+,22?/m1/s1. The second kappa shape index (κ2) is 11.0. The molecule has 0 saturated carbocycles. The Hall–Kier alpha value is -2.58. The van der Waals surface area contributed by atoms with Crippen molar-refractivity contribution < 1.29 is 19.0 Å². The molecule has 1 aliphatic rings. The highest BCUT2D eigenvalue weighted by Crippen LogP contribution is 2.35. The zero-order valence-electron chi connectivity index (χ0n) is 18.8. The number of fused-ring (bicyclic) bond motifs is 1. The van der Waals surface area contributed by atoms with Gasteiger partial charge >= 0.3 is 5.97 Å². The second-order valence-electron chi connectivity index (χ2n) is 8.65. The van der Waals surface area contributed by atoms with E-state index in [0.29, 0.717) is 30.7 Å². The van der Waals surface area contributed by atoms with Crippen LogP contribution in [-0.4, -0.2) is 52.7 Å². The molecule has 0 spiro atoms. The quantitative estimate of drug-likeness (QED) is 0.441. The number of nitrogens with zero attached hydrogens (tertiary/aromatic N) is 3. The molecular weight excluding hydrogens is 441 g/mol. The highest BCUT2D eigenvalue weighted by Gasteiger charge is 2.34. The van der Waals surface area contributed by atoms with Gasteiger partial charge in [-0.15, -0.1) is 11.3 Å². The fourth-order valence-electron chi connectivity index (χ4n) is 4.79. The zero-order chi connectivity index (χ0) is 23.2. The minimum absolute atomic E-state index is 0.0152. The number of rotatable bonds is 10. The molecule has 1 N–H and O–H groups in total. The molecule has 1 saturated heterocycles. The Labute approximate surface area is 197 Å². The van der Waals surface area contributed by atoms with Crippen molar-refractivity contribution in [1.29, 1.82) is 0 Å². The van der Waals surface area contributed by atoms with Crippen LogP contribution >= 0.6 is 11.3 Å². The summed E-state index contributed by atoms with van der Waals surface area (Å²) >= 11 is 1.66. The van der Waals surface area contributed by atoms with Crippen molar-refractivity contribution in [3.63, 3.8) is 0 Å². The Morgan fingerprint density at radius 1 is 1.33 bits per heavy atom. The number of methoxy groups -OCH3 is 1. The number of thiazole rings is 1. The fraction of sp³-hybridized carbons (Fsp3) is 0.480. The van der Waals surface area contributed by atoms with Crippen LogP contribution < -0.4 is 4.74 Å². The van der Waals surface area contributed by atoms with Gasteiger partial charge in [0.15, 0.2) is 0 Å². The van der Waals surface area contributed by atoms with E-state index in [9.17, 15) is 9.90 Å². The van der Waals surface area contributed by atoms with E-state index in [0.717, 1.165) is 48.3 Å². The van der Waals surface area contributed by atoms with E-state index in [2.05, 4.69) is 14.9 Å². The molecule has 8 heteroatoms. The molecule has 1 fully saturated rings. The monoisotopic (exact) mass is 471 g/mol. The number of ether oxygens (including phenoxy) is 1. The topological polar surface area (TPSA) is 75.5 Å². The number of alkyl halides is 1. The van der Waals surface area contributed by atoms with Gasteiger partial charge in [0.25, 0.3) is 0 Å². The van der Waals surface area contributed by atoms with E-state index in [-0.39, 0.29) is 5.92 Å². The Bertz CT molecular complexity index is 1060. The molecule has 0 bridgehead atoms. The largest absolute Gasteiger partial charge is 0.497 e. The van der Waals surface area contributed by atoms with Crippen LogP contribution in [0.4, 0.5) is 4.39 Å². The van der Waals surface area contributed by atoms with Crippen molar-refractivity contribution in [2.75, 3.05) is 26.7 Å². The minimum atomic E-state index is -1.17. The lowest BCUT2D eigenvalue weighted by Gasteiger charge is -2.36. The molecule has 3 heterocycles. The molecule has 1 aliphatic heterocycles. The summed E-state index contributed by atoms with van der Waals surface area (Å²) in [5, 5.41) is 13.7. The number of carbonyl (C=O) groups is 1. The normalized spacial score (nSPS) is 20.1. The van der Waals surface area contributed by atoms with Crippen LogP contribution in [-0.2, 0) is 11.2 Å².